The monoisotopic (exact) mass is 377 g/mol. The smallest absolute Gasteiger partial charge is 0.315 e. The Morgan fingerprint density at radius 2 is 1.79 bits per heavy atom. The molecule has 0 unspecified atom stereocenters. The van der Waals surface area contributed by atoms with E-state index < -0.39 is 0 Å². The third-order valence-electron chi connectivity index (χ3n) is 4.68. The molecular weight excluding hydrogens is 350 g/mol. The van der Waals surface area contributed by atoms with E-state index >= 15 is 0 Å². The van der Waals surface area contributed by atoms with Gasteiger partial charge >= 0.3 is 6.03 Å². The van der Waals surface area contributed by atoms with Gasteiger partial charge in [-0.1, -0.05) is 48.5 Å². The predicted molar refractivity (Wildman–Crippen MR) is 112 cm³/mol. The van der Waals surface area contributed by atoms with E-state index in [1.54, 1.807) is 6.20 Å². The Morgan fingerprint density at radius 3 is 2.43 bits per heavy atom. The number of aryl methyl sites for hydroxylation is 1. The summed E-state index contributed by atoms with van der Waals surface area (Å²) in [5.41, 5.74) is 2.17. The predicted octanol–water partition coefficient (Wildman–Crippen LogP) is 3.34. The minimum absolute atomic E-state index is 0.195. The van der Waals surface area contributed by atoms with Crippen LogP contribution in [-0.2, 0) is 7.05 Å². The maximum Gasteiger partial charge on any atom is 0.315 e. The van der Waals surface area contributed by atoms with E-state index in [1.807, 2.05) is 66.3 Å². The van der Waals surface area contributed by atoms with Crippen molar-refractivity contribution in [3.63, 3.8) is 0 Å². The van der Waals surface area contributed by atoms with Gasteiger partial charge in [-0.3, -0.25) is 0 Å². The first-order valence-corrected chi connectivity index (χ1v) is 9.48. The van der Waals surface area contributed by atoms with Gasteiger partial charge in [0.25, 0.3) is 0 Å². The number of urea groups is 1. The molecule has 2 amide bonds. The summed E-state index contributed by atoms with van der Waals surface area (Å²) in [6.45, 7) is 1.47. The van der Waals surface area contributed by atoms with Crippen LogP contribution in [0, 0.1) is 0 Å². The van der Waals surface area contributed by atoms with Crippen molar-refractivity contribution in [2.24, 2.45) is 7.05 Å². The highest BCUT2D eigenvalue weighted by atomic mass is 16.2. The van der Waals surface area contributed by atoms with Crippen molar-refractivity contribution >= 4 is 11.7 Å². The lowest BCUT2D eigenvalue weighted by Crippen LogP contribution is -2.40. The van der Waals surface area contributed by atoms with Gasteiger partial charge in [0.2, 0.25) is 0 Å². The first-order valence-electron chi connectivity index (χ1n) is 9.48. The highest BCUT2D eigenvalue weighted by molar-refractivity contribution is 5.74. The van der Waals surface area contributed by atoms with Gasteiger partial charge in [-0.05, 0) is 24.1 Å². The van der Waals surface area contributed by atoms with Gasteiger partial charge in [-0.25, -0.2) is 9.78 Å². The molecule has 3 rings (SSSR count). The van der Waals surface area contributed by atoms with Crippen LogP contribution in [0.15, 0.2) is 73.1 Å². The fourth-order valence-corrected chi connectivity index (χ4v) is 3.11. The maximum absolute atomic E-state index is 12.5. The van der Waals surface area contributed by atoms with Crippen LogP contribution in [0.3, 0.4) is 0 Å². The zero-order chi connectivity index (χ0) is 19.8. The fourth-order valence-electron chi connectivity index (χ4n) is 3.11. The Kier molecular flexibility index (Phi) is 6.68. The van der Waals surface area contributed by atoms with E-state index in [9.17, 15) is 4.79 Å². The number of para-hydroxylation sites is 1. The van der Waals surface area contributed by atoms with Gasteiger partial charge < -0.3 is 20.1 Å². The Balaban J connectivity index is 1.52. The topological polar surface area (TPSA) is 62.2 Å². The third kappa shape index (κ3) is 5.13. The Morgan fingerprint density at radius 1 is 1.11 bits per heavy atom. The quantitative estimate of drug-likeness (QED) is 0.592. The number of benzene rings is 2. The SMILES string of the molecule is CN(CCCNC(=O)N[C@@H](c1ccccc1)c1nccn1C)c1ccccc1. The van der Waals surface area contributed by atoms with Crippen LogP contribution in [0.2, 0.25) is 0 Å². The number of amides is 2. The molecule has 0 radical (unpaired) electrons. The van der Waals surface area contributed by atoms with E-state index in [1.165, 1.54) is 5.69 Å². The van der Waals surface area contributed by atoms with Crippen molar-refractivity contribution in [3.8, 4) is 0 Å². The second kappa shape index (κ2) is 9.60. The largest absolute Gasteiger partial charge is 0.375 e. The number of nitrogens with zero attached hydrogens (tertiary/aromatic N) is 3. The maximum atomic E-state index is 12.5. The molecule has 1 heterocycles. The molecule has 0 bridgehead atoms. The lowest BCUT2D eigenvalue weighted by Gasteiger charge is -2.21. The van der Waals surface area contributed by atoms with Gasteiger partial charge in [0.05, 0.1) is 0 Å². The van der Waals surface area contributed by atoms with Gasteiger partial charge in [0.15, 0.2) is 0 Å². The molecule has 0 saturated carbocycles. The van der Waals surface area contributed by atoms with Crippen LogP contribution < -0.4 is 15.5 Å². The summed E-state index contributed by atoms with van der Waals surface area (Å²) in [5.74, 6) is 0.796. The number of anilines is 1. The highest BCUT2D eigenvalue weighted by Crippen LogP contribution is 2.19. The third-order valence-corrected chi connectivity index (χ3v) is 4.68. The zero-order valence-corrected chi connectivity index (χ0v) is 16.4. The molecule has 3 aromatic rings. The van der Waals surface area contributed by atoms with Crippen LogP contribution in [0.25, 0.3) is 0 Å². The average molecular weight is 377 g/mol. The number of aromatic nitrogens is 2. The standard InChI is InChI=1S/C22H27N5O/c1-26(19-12-7-4-8-13-19)16-9-14-24-22(28)25-20(18-10-5-3-6-11-18)21-23-15-17-27(21)2/h3-8,10-13,15,17,20H,9,14,16H2,1-2H3,(H2,24,25,28)/t20-/m0/s1. The normalized spacial score (nSPS) is 11.6. The number of carbonyl (C=O) groups is 1. The number of hydrogen-bond donors (Lipinski definition) is 2. The summed E-state index contributed by atoms with van der Waals surface area (Å²) in [6.07, 6.45) is 4.48. The number of imidazole rings is 1. The summed E-state index contributed by atoms with van der Waals surface area (Å²) in [4.78, 5) is 19.1. The number of nitrogens with one attached hydrogen (secondary N) is 2. The van der Waals surface area contributed by atoms with E-state index in [2.05, 4.69) is 39.7 Å². The molecule has 0 saturated heterocycles. The molecule has 6 heteroatoms. The molecule has 0 aliphatic heterocycles. The van der Waals surface area contributed by atoms with Crippen molar-refractivity contribution in [3.05, 3.63) is 84.4 Å². The van der Waals surface area contributed by atoms with E-state index in [4.69, 9.17) is 0 Å². The van der Waals surface area contributed by atoms with Crippen LogP contribution in [-0.4, -0.2) is 35.7 Å². The molecule has 2 aromatic carbocycles. The minimum atomic E-state index is -0.298. The number of rotatable bonds is 8. The first-order chi connectivity index (χ1) is 13.6. The second-order valence-corrected chi connectivity index (χ2v) is 6.75. The molecule has 0 aliphatic carbocycles. The van der Waals surface area contributed by atoms with Crippen LogP contribution in [0.4, 0.5) is 10.5 Å². The number of carbonyl (C=O) groups excluding carboxylic acids is 1. The lowest BCUT2D eigenvalue weighted by atomic mass is 10.1. The average Bonchev–Trinajstić information content (AvgIpc) is 3.16. The number of hydrogen-bond acceptors (Lipinski definition) is 3. The van der Waals surface area contributed by atoms with Crippen molar-refractivity contribution in [1.29, 1.82) is 0 Å². The lowest BCUT2D eigenvalue weighted by molar-refractivity contribution is 0.238. The Hall–Kier alpha value is -3.28. The molecule has 0 fully saturated rings. The van der Waals surface area contributed by atoms with Crippen molar-refractivity contribution < 1.29 is 4.79 Å². The fraction of sp³-hybridized carbons (Fsp3) is 0.273. The van der Waals surface area contributed by atoms with Crippen LogP contribution >= 0.6 is 0 Å². The summed E-state index contributed by atoms with van der Waals surface area (Å²) in [7, 11) is 3.99. The Labute approximate surface area is 166 Å². The van der Waals surface area contributed by atoms with Gasteiger partial charge in [0.1, 0.15) is 11.9 Å². The molecule has 1 aromatic heterocycles. The molecular formula is C22H27N5O. The molecule has 1 atom stereocenters. The van der Waals surface area contributed by atoms with Gasteiger partial charge in [0, 0.05) is 45.3 Å². The molecule has 146 valence electrons. The van der Waals surface area contributed by atoms with Crippen LogP contribution in [0.5, 0.6) is 0 Å². The minimum Gasteiger partial charge on any atom is -0.375 e. The molecule has 28 heavy (non-hydrogen) atoms. The highest BCUT2D eigenvalue weighted by Gasteiger charge is 2.20. The summed E-state index contributed by atoms with van der Waals surface area (Å²) >= 11 is 0. The van der Waals surface area contributed by atoms with Crippen molar-refractivity contribution in [2.45, 2.75) is 12.5 Å². The van der Waals surface area contributed by atoms with Crippen LogP contribution in [0.1, 0.15) is 23.9 Å². The summed E-state index contributed by atoms with van der Waals surface area (Å²) in [6, 6.07) is 19.6. The molecule has 0 spiro atoms. The molecule has 2 N–H and O–H groups in total. The van der Waals surface area contributed by atoms with E-state index in [0.717, 1.165) is 24.4 Å². The second-order valence-electron chi connectivity index (χ2n) is 6.75. The summed E-state index contributed by atoms with van der Waals surface area (Å²) in [5, 5.41) is 6.01. The van der Waals surface area contributed by atoms with Crippen molar-refractivity contribution in [1.82, 2.24) is 20.2 Å². The first kappa shape index (κ1) is 19.5. The zero-order valence-electron chi connectivity index (χ0n) is 16.4. The van der Waals surface area contributed by atoms with Gasteiger partial charge in [-0.15, -0.1) is 0 Å². The summed E-state index contributed by atoms with van der Waals surface area (Å²) < 4.78 is 1.92. The van der Waals surface area contributed by atoms with E-state index in [-0.39, 0.29) is 12.1 Å². The molecule has 6 nitrogen and oxygen atoms in total. The van der Waals surface area contributed by atoms with Gasteiger partial charge in [-0.2, -0.15) is 0 Å². The van der Waals surface area contributed by atoms with Crippen molar-refractivity contribution in [2.75, 3.05) is 25.0 Å². The molecule has 0 aliphatic rings. The van der Waals surface area contributed by atoms with E-state index in [0.29, 0.717) is 6.54 Å². The Bertz CT molecular complexity index is 863.